The third-order valence-corrected chi connectivity index (χ3v) is 4.35. The molecular weight excluding hydrogens is 298 g/mol. The molecule has 24 heavy (non-hydrogen) atoms. The molecule has 1 aromatic heterocycles. The summed E-state index contributed by atoms with van der Waals surface area (Å²) < 4.78 is 7.62. The summed E-state index contributed by atoms with van der Waals surface area (Å²) in [6.45, 7) is 6.83. The summed E-state index contributed by atoms with van der Waals surface area (Å²) in [4.78, 5) is 0. The first kappa shape index (κ1) is 14.8. The van der Waals surface area contributed by atoms with Crippen molar-refractivity contribution >= 4 is 5.69 Å². The number of hydrogen-bond donors (Lipinski definition) is 1. The third-order valence-electron chi connectivity index (χ3n) is 4.35. The normalized spacial score (nSPS) is 15.4. The van der Waals surface area contributed by atoms with Gasteiger partial charge in [-0.15, -0.1) is 0 Å². The van der Waals surface area contributed by atoms with Gasteiger partial charge in [-0.05, 0) is 56.7 Å². The van der Waals surface area contributed by atoms with Gasteiger partial charge in [0.1, 0.15) is 11.9 Å². The molecule has 4 rings (SSSR count). The molecule has 4 nitrogen and oxygen atoms in total. The number of aryl methyl sites for hydroxylation is 2. The van der Waals surface area contributed by atoms with E-state index >= 15 is 0 Å². The molecular formula is C20H21N3O. The number of aromatic nitrogens is 2. The number of anilines is 1. The molecule has 0 amide bonds. The minimum atomic E-state index is -0.0143. The molecule has 4 heteroatoms. The van der Waals surface area contributed by atoms with E-state index in [4.69, 9.17) is 9.84 Å². The summed E-state index contributed by atoms with van der Waals surface area (Å²) in [5.74, 6) is 0.893. The molecule has 1 unspecified atom stereocenters. The predicted molar refractivity (Wildman–Crippen MR) is 96.5 cm³/mol. The molecule has 0 spiro atoms. The Labute approximate surface area is 142 Å². The van der Waals surface area contributed by atoms with Crippen molar-refractivity contribution in [1.29, 1.82) is 0 Å². The minimum absolute atomic E-state index is 0.0143. The molecule has 0 saturated heterocycles. The third kappa shape index (κ3) is 2.44. The van der Waals surface area contributed by atoms with Crippen LogP contribution in [0.15, 0.2) is 48.5 Å². The number of hydrogen-bond acceptors (Lipinski definition) is 3. The number of benzene rings is 2. The first-order valence-corrected chi connectivity index (χ1v) is 8.32. The van der Waals surface area contributed by atoms with Crippen LogP contribution in [0.3, 0.4) is 0 Å². The van der Waals surface area contributed by atoms with E-state index in [0.29, 0.717) is 6.61 Å². The molecule has 0 fully saturated rings. The molecule has 122 valence electrons. The maximum absolute atomic E-state index is 5.55. The Morgan fingerprint density at radius 3 is 2.62 bits per heavy atom. The summed E-state index contributed by atoms with van der Waals surface area (Å²) in [7, 11) is 0. The van der Waals surface area contributed by atoms with Gasteiger partial charge in [0.05, 0.1) is 18.0 Å². The number of ether oxygens (including phenoxy) is 1. The summed E-state index contributed by atoms with van der Waals surface area (Å²) in [6, 6.07) is 16.9. The Hall–Kier alpha value is -2.75. The second-order valence-corrected chi connectivity index (χ2v) is 6.21. The smallest absolute Gasteiger partial charge is 0.147 e. The fourth-order valence-electron chi connectivity index (χ4n) is 3.26. The van der Waals surface area contributed by atoms with Crippen molar-refractivity contribution in [2.75, 3.05) is 11.9 Å². The first-order chi connectivity index (χ1) is 11.7. The van der Waals surface area contributed by atoms with E-state index in [1.54, 1.807) is 0 Å². The Morgan fingerprint density at radius 2 is 1.88 bits per heavy atom. The lowest BCUT2D eigenvalue weighted by molar-refractivity contribution is 0.340. The molecule has 1 aliphatic rings. The second kappa shape index (κ2) is 5.71. The topological polar surface area (TPSA) is 39.1 Å². The van der Waals surface area contributed by atoms with Gasteiger partial charge in [-0.3, -0.25) is 0 Å². The van der Waals surface area contributed by atoms with Crippen LogP contribution in [0, 0.1) is 13.8 Å². The Morgan fingerprint density at radius 1 is 1.08 bits per heavy atom. The van der Waals surface area contributed by atoms with E-state index in [9.17, 15) is 0 Å². The first-order valence-electron chi connectivity index (χ1n) is 8.32. The van der Waals surface area contributed by atoms with Crippen LogP contribution in [0.2, 0.25) is 0 Å². The van der Waals surface area contributed by atoms with E-state index in [0.717, 1.165) is 28.4 Å². The highest BCUT2D eigenvalue weighted by molar-refractivity contribution is 5.79. The van der Waals surface area contributed by atoms with Crippen LogP contribution in [0.5, 0.6) is 5.75 Å². The van der Waals surface area contributed by atoms with Gasteiger partial charge < -0.3 is 10.1 Å². The molecule has 1 aliphatic heterocycles. The molecule has 2 aromatic carbocycles. The van der Waals surface area contributed by atoms with Crippen molar-refractivity contribution in [3.05, 3.63) is 65.4 Å². The standard InChI is InChI=1S/C20H21N3O/c1-4-24-16-8-6-15(7-9-16)20-21-18-10-5-13(2)11-17(18)19-12-14(3)22-23(19)20/h5-12,20-21H,4H2,1-3H3. The summed E-state index contributed by atoms with van der Waals surface area (Å²) >= 11 is 0. The zero-order valence-corrected chi connectivity index (χ0v) is 14.2. The van der Waals surface area contributed by atoms with Crippen LogP contribution in [0.1, 0.15) is 29.9 Å². The van der Waals surface area contributed by atoms with Crippen molar-refractivity contribution < 1.29 is 4.74 Å². The predicted octanol–water partition coefficient (Wildman–Crippen LogP) is 4.54. The minimum Gasteiger partial charge on any atom is -0.494 e. The SMILES string of the molecule is CCOc1ccc(C2Nc3ccc(C)cc3-c3cc(C)nn32)cc1. The zero-order chi connectivity index (χ0) is 16.7. The average molecular weight is 319 g/mol. The van der Waals surface area contributed by atoms with Gasteiger partial charge in [-0.2, -0.15) is 5.10 Å². The van der Waals surface area contributed by atoms with Gasteiger partial charge in [-0.1, -0.05) is 23.8 Å². The van der Waals surface area contributed by atoms with E-state index in [2.05, 4.69) is 53.3 Å². The molecule has 0 bridgehead atoms. The highest BCUT2D eigenvalue weighted by Gasteiger charge is 2.26. The van der Waals surface area contributed by atoms with Crippen LogP contribution in [-0.4, -0.2) is 16.4 Å². The maximum Gasteiger partial charge on any atom is 0.147 e. The molecule has 1 N–H and O–H groups in total. The van der Waals surface area contributed by atoms with Gasteiger partial charge in [-0.25, -0.2) is 4.68 Å². The lowest BCUT2D eigenvalue weighted by atomic mass is 10.0. The highest BCUT2D eigenvalue weighted by atomic mass is 16.5. The zero-order valence-electron chi connectivity index (χ0n) is 14.2. The van der Waals surface area contributed by atoms with Gasteiger partial charge in [0, 0.05) is 11.3 Å². The van der Waals surface area contributed by atoms with E-state index in [1.165, 1.54) is 11.1 Å². The van der Waals surface area contributed by atoms with Gasteiger partial charge >= 0.3 is 0 Å². The lowest BCUT2D eigenvalue weighted by Gasteiger charge is -2.29. The number of nitrogens with one attached hydrogen (secondary N) is 1. The van der Waals surface area contributed by atoms with E-state index in [-0.39, 0.29) is 6.17 Å². The summed E-state index contributed by atoms with van der Waals surface area (Å²) in [6.07, 6.45) is -0.0143. The Balaban J connectivity index is 1.79. The Bertz CT molecular complexity index is 880. The summed E-state index contributed by atoms with van der Waals surface area (Å²) in [5, 5.41) is 8.34. The van der Waals surface area contributed by atoms with Crippen LogP contribution >= 0.6 is 0 Å². The summed E-state index contributed by atoms with van der Waals surface area (Å²) in [5.41, 5.74) is 6.94. The second-order valence-electron chi connectivity index (χ2n) is 6.21. The lowest BCUT2D eigenvalue weighted by Crippen LogP contribution is -2.25. The number of fused-ring (bicyclic) bond motifs is 3. The number of nitrogens with zero attached hydrogens (tertiary/aromatic N) is 2. The van der Waals surface area contributed by atoms with Crippen molar-refractivity contribution in [3.63, 3.8) is 0 Å². The average Bonchev–Trinajstić information content (AvgIpc) is 2.97. The molecule has 0 saturated carbocycles. The molecule has 3 aromatic rings. The largest absolute Gasteiger partial charge is 0.494 e. The monoisotopic (exact) mass is 319 g/mol. The quantitative estimate of drug-likeness (QED) is 0.770. The van der Waals surface area contributed by atoms with Crippen molar-refractivity contribution in [1.82, 2.24) is 9.78 Å². The van der Waals surface area contributed by atoms with Crippen molar-refractivity contribution in [2.24, 2.45) is 0 Å². The van der Waals surface area contributed by atoms with Crippen LogP contribution in [0.4, 0.5) is 5.69 Å². The Kier molecular flexibility index (Phi) is 3.53. The van der Waals surface area contributed by atoms with Crippen molar-refractivity contribution in [3.8, 4) is 17.0 Å². The van der Waals surface area contributed by atoms with E-state index < -0.39 is 0 Å². The molecule has 0 aliphatic carbocycles. The fraction of sp³-hybridized carbons (Fsp3) is 0.250. The highest BCUT2D eigenvalue weighted by Crippen LogP contribution is 2.39. The molecule has 2 heterocycles. The number of rotatable bonds is 3. The molecule has 0 radical (unpaired) electrons. The van der Waals surface area contributed by atoms with Crippen LogP contribution < -0.4 is 10.1 Å². The fourth-order valence-corrected chi connectivity index (χ4v) is 3.26. The van der Waals surface area contributed by atoms with Gasteiger partial charge in [0.25, 0.3) is 0 Å². The van der Waals surface area contributed by atoms with Crippen LogP contribution in [-0.2, 0) is 0 Å². The van der Waals surface area contributed by atoms with E-state index in [1.807, 2.05) is 26.0 Å². The maximum atomic E-state index is 5.55. The van der Waals surface area contributed by atoms with Crippen LogP contribution in [0.25, 0.3) is 11.3 Å². The van der Waals surface area contributed by atoms with Gasteiger partial charge in [0.2, 0.25) is 0 Å². The van der Waals surface area contributed by atoms with Crippen molar-refractivity contribution in [2.45, 2.75) is 26.9 Å². The van der Waals surface area contributed by atoms with Gasteiger partial charge in [0.15, 0.2) is 0 Å². The molecule has 1 atom stereocenters.